The molecule has 1 aliphatic rings. The van der Waals surface area contributed by atoms with Crippen molar-refractivity contribution < 1.29 is 19.5 Å². The fourth-order valence-electron chi connectivity index (χ4n) is 0.856. The van der Waals surface area contributed by atoms with Crippen molar-refractivity contribution >= 4 is 0 Å². The second-order valence-corrected chi connectivity index (χ2v) is 3.23. The predicted octanol–water partition coefficient (Wildman–Crippen LogP) is 4.01. The van der Waals surface area contributed by atoms with Gasteiger partial charge in [-0.3, -0.25) is 0 Å². The van der Waals surface area contributed by atoms with Gasteiger partial charge < -0.3 is 0 Å². The first-order valence-corrected chi connectivity index (χ1v) is 5.02. The van der Waals surface area contributed by atoms with E-state index in [9.17, 15) is 0 Å². The van der Waals surface area contributed by atoms with Crippen LogP contribution in [0.2, 0.25) is 0 Å². The molecule has 0 unspecified atom stereocenters. The Kier molecular flexibility index (Phi) is 16.6. The van der Waals surface area contributed by atoms with Gasteiger partial charge in [0.15, 0.2) is 0 Å². The molecule has 1 rings (SSSR count). The van der Waals surface area contributed by atoms with Crippen LogP contribution in [0.3, 0.4) is 0 Å². The van der Waals surface area contributed by atoms with Crippen molar-refractivity contribution in [3.63, 3.8) is 0 Å². The molecule has 1 saturated carbocycles. The van der Waals surface area contributed by atoms with E-state index in [1.807, 2.05) is 20.3 Å². The zero-order valence-electron chi connectivity index (χ0n) is 9.26. The van der Waals surface area contributed by atoms with Crippen molar-refractivity contribution in [2.75, 3.05) is 0 Å². The molecule has 14 heavy (non-hydrogen) atoms. The molecule has 0 heterocycles. The third-order valence-electron chi connectivity index (χ3n) is 1.83. The van der Waals surface area contributed by atoms with Crippen molar-refractivity contribution in [2.24, 2.45) is 0 Å². The molecular weight excluding hydrogens is 259 g/mol. The molecule has 0 aliphatic heterocycles. The molecular formula is C13H21Rh. The van der Waals surface area contributed by atoms with Gasteiger partial charge in [0.25, 0.3) is 0 Å². The molecule has 0 aromatic rings. The van der Waals surface area contributed by atoms with Crippen LogP contribution in [-0.2, 0) is 19.5 Å². The Hall–Kier alpha value is 0.623. The van der Waals surface area contributed by atoms with Crippen LogP contribution in [0.5, 0.6) is 0 Å². The summed E-state index contributed by atoms with van der Waals surface area (Å²) in [5.74, 6) is 1.13. The van der Waals surface area contributed by atoms with Crippen LogP contribution in [0.4, 0.5) is 0 Å². The molecule has 0 saturated heterocycles. The Balaban J connectivity index is 0. The van der Waals surface area contributed by atoms with Crippen LogP contribution in [0, 0.1) is 44.9 Å². The van der Waals surface area contributed by atoms with Gasteiger partial charge >= 0.3 is 0 Å². The summed E-state index contributed by atoms with van der Waals surface area (Å²) in [6.45, 7) is 7.56. The van der Waals surface area contributed by atoms with Gasteiger partial charge in [0.2, 0.25) is 0 Å². The maximum atomic E-state index is 3.62. The summed E-state index contributed by atoms with van der Waals surface area (Å²) in [7, 11) is 0. The first-order chi connectivity index (χ1) is 6.27. The maximum Gasteiger partial charge on any atom is 0 e. The van der Waals surface area contributed by atoms with Gasteiger partial charge in [-0.25, -0.2) is 0 Å². The van der Waals surface area contributed by atoms with Crippen LogP contribution in [-0.4, -0.2) is 0 Å². The van der Waals surface area contributed by atoms with Crippen LogP contribution in [0.15, 0.2) is 0 Å². The molecule has 1 fully saturated rings. The van der Waals surface area contributed by atoms with Crippen LogP contribution in [0.1, 0.15) is 39.5 Å². The SMILES string of the molecule is [CH2][C](C)[CH]C.[CH]1[CH]CC[CH][CH]CC1.[Rh]. The molecule has 0 aromatic heterocycles. The van der Waals surface area contributed by atoms with E-state index in [0.717, 1.165) is 5.92 Å². The van der Waals surface area contributed by atoms with Crippen molar-refractivity contribution in [3.8, 4) is 0 Å². The van der Waals surface area contributed by atoms with E-state index in [0.29, 0.717) is 0 Å². The van der Waals surface area contributed by atoms with Crippen LogP contribution in [0.25, 0.3) is 0 Å². The molecule has 0 spiro atoms. The van der Waals surface area contributed by atoms with Gasteiger partial charge in [-0.05, 0) is 70.6 Å². The van der Waals surface area contributed by atoms with Crippen molar-refractivity contribution in [3.05, 3.63) is 44.9 Å². The molecule has 1 heteroatoms. The summed E-state index contributed by atoms with van der Waals surface area (Å²) in [4.78, 5) is 0. The molecule has 0 nitrogen and oxygen atoms in total. The van der Waals surface area contributed by atoms with E-state index in [4.69, 9.17) is 0 Å². The van der Waals surface area contributed by atoms with Crippen molar-refractivity contribution in [2.45, 2.75) is 39.5 Å². The molecule has 0 atom stereocenters. The Labute approximate surface area is 104 Å². The first kappa shape index (κ1) is 17.0. The minimum atomic E-state index is 0. The molecule has 0 aromatic carbocycles. The first-order valence-electron chi connectivity index (χ1n) is 5.02. The Bertz CT molecular complexity index is 65.2. The van der Waals surface area contributed by atoms with E-state index >= 15 is 0 Å². The molecule has 0 N–H and O–H groups in total. The van der Waals surface area contributed by atoms with Crippen LogP contribution < -0.4 is 0 Å². The molecule has 82 valence electrons. The average Bonchev–Trinajstić information content (AvgIpc) is 2.04. The summed E-state index contributed by atoms with van der Waals surface area (Å²) in [6.07, 6.45) is 16.0. The van der Waals surface area contributed by atoms with Crippen LogP contribution >= 0.6 is 0 Å². The van der Waals surface area contributed by atoms with E-state index in [1.165, 1.54) is 25.7 Å². The number of rotatable bonds is 1. The normalized spacial score (nSPS) is 17.1. The van der Waals surface area contributed by atoms with Crippen molar-refractivity contribution in [1.29, 1.82) is 0 Å². The summed E-state index contributed by atoms with van der Waals surface area (Å²) < 4.78 is 0. The smallest absolute Gasteiger partial charge is 0 e. The van der Waals surface area contributed by atoms with Gasteiger partial charge in [-0.1, -0.05) is 13.8 Å². The Morgan fingerprint density at radius 2 is 1.21 bits per heavy atom. The van der Waals surface area contributed by atoms with Gasteiger partial charge in [-0.15, -0.1) is 0 Å². The quantitative estimate of drug-likeness (QED) is 0.636. The second-order valence-electron chi connectivity index (χ2n) is 3.23. The Morgan fingerprint density at radius 1 is 1.00 bits per heavy atom. The largest absolute Gasteiger partial charge is 0.0617 e. The zero-order chi connectivity index (χ0) is 9.94. The summed E-state index contributed by atoms with van der Waals surface area (Å²) in [5.41, 5.74) is 0. The van der Waals surface area contributed by atoms with Gasteiger partial charge in [0, 0.05) is 19.5 Å². The summed E-state index contributed by atoms with van der Waals surface area (Å²) >= 11 is 0. The van der Waals surface area contributed by atoms with E-state index in [1.54, 1.807) is 0 Å². The predicted molar refractivity (Wildman–Crippen MR) is 59.9 cm³/mol. The van der Waals surface area contributed by atoms with E-state index in [2.05, 4.69) is 32.6 Å². The standard InChI is InChI=1S/C8H12.C5H9.Rh/c1-2-4-6-8-7-5-3-1;1-4-5(2)3;/h1-2,7-8H,3-6H2;4H,2H2,1,3H3;. The topological polar surface area (TPSA) is 0 Å². The molecule has 0 bridgehead atoms. The fraction of sp³-hybridized carbons (Fsp3) is 0.462. The third kappa shape index (κ3) is 15.1. The number of hydrogen-bond donors (Lipinski definition) is 0. The minimum Gasteiger partial charge on any atom is -0.0617 e. The fourth-order valence-corrected chi connectivity index (χ4v) is 0.856. The van der Waals surface area contributed by atoms with E-state index in [-0.39, 0.29) is 19.5 Å². The molecule has 1 aliphatic carbocycles. The van der Waals surface area contributed by atoms with Crippen molar-refractivity contribution in [1.82, 2.24) is 0 Å². The van der Waals surface area contributed by atoms with Gasteiger partial charge in [-0.2, -0.15) is 0 Å². The summed E-state index contributed by atoms with van der Waals surface area (Å²) in [5, 5.41) is 0. The van der Waals surface area contributed by atoms with E-state index < -0.39 is 0 Å². The minimum absolute atomic E-state index is 0. The Morgan fingerprint density at radius 3 is 1.36 bits per heavy atom. The third-order valence-corrected chi connectivity index (χ3v) is 1.83. The maximum absolute atomic E-state index is 3.62. The summed E-state index contributed by atoms with van der Waals surface area (Å²) in [6, 6.07) is 0. The monoisotopic (exact) mass is 280 g/mol. The number of hydrogen-bond acceptors (Lipinski definition) is 0. The molecule has 0 amide bonds. The average molecular weight is 280 g/mol. The van der Waals surface area contributed by atoms with Gasteiger partial charge in [0.1, 0.15) is 0 Å². The zero-order valence-corrected chi connectivity index (χ0v) is 10.9. The second kappa shape index (κ2) is 13.6. The molecule has 8 radical (unpaired) electrons. The van der Waals surface area contributed by atoms with Gasteiger partial charge in [0.05, 0.1) is 0 Å².